The third kappa shape index (κ3) is 3.42. The van der Waals surface area contributed by atoms with E-state index in [2.05, 4.69) is 10.0 Å². The average molecular weight is 346 g/mol. The number of rotatable bonds is 6. The van der Waals surface area contributed by atoms with Gasteiger partial charge >= 0.3 is 0 Å². The van der Waals surface area contributed by atoms with Gasteiger partial charge in [-0.2, -0.15) is 0 Å². The highest BCUT2D eigenvalue weighted by atomic mass is 32.2. The van der Waals surface area contributed by atoms with Crippen LogP contribution >= 0.6 is 0 Å². The lowest BCUT2D eigenvalue weighted by molar-refractivity contribution is -0.116. The number of carbonyl (C=O) groups is 1. The Kier molecular flexibility index (Phi) is 4.55. The minimum absolute atomic E-state index is 0.122. The Morgan fingerprint density at radius 1 is 1.17 bits per heavy atom. The zero-order valence-electron chi connectivity index (χ0n) is 13.2. The number of ether oxygens (including phenoxy) is 1. The maximum absolute atomic E-state index is 12.4. The van der Waals surface area contributed by atoms with Crippen molar-refractivity contribution < 1.29 is 17.9 Å². The van der Waals surface area contributed by atoms with Crippen LogP contribution in [0.25, 0.3) is 0 Å². The molecule has 6 nitrogen and oxygen atoms in total. The van der Waals surface area contributed by atoms with E-state index in [9.17, 15) is 13.2 Å². The largest absolute Gasteiger partial charge is 0.492 e. The number of fused-ring (bicyclic) bond motifs is 1. The van der Waals surface area contributed by atoms with Gasteiger partial charge in [-0.05, 0) is 42.8 Å². The van der Waals surface area contributed by atoms with Crippen LogP contribution in [0.4, 0.5) is 5.69 Å². The summed E-state index contributed by atoms with van der Waals surface area (Å²) in [4.78, 5) is 11.8. The lowest BCUT2D eigenvalue weighted by atomic mass is 10.0. The van der Waals surface area contributed by atoms with Gasteiger partial charge in [-0.1, -0.05) is 18.2 Å². The predicted molar refractivity (Wildman–Crippen MR) is 90.6 cm³/mol. The molecule has 0 saturated carbocycles. The number of para-hydroxylation sites is 1. The summed E-state index contributed by atoms with van der Waals surface area (Å²) < 4.78 is 32.7. The first-order chi connectivity index (χ1) is 11.5. The van der Waals surface area contributed by atoms with Gasteiger partial charge in [0.25, 0.3) is 0 Å². The molecule has 3 rings (SSSR count). The molecular formula is C17H18N2O4S. The van der Waals surface area contributed by atoms with Gasteiger partial charge in [-0.25, -0.2) is 13.1 Å². The minimum Gasteiger partial charge on any atom is -0.492 e. The van der Waals surface area contributed by atoms with Gasteiger partial charge in [0.1, 0.15) is 12.4 Å². The van der Waals surface area contributed by atoms with Crippen LogP contribution in [0.1, 0.15) is 18.4 Å². The van der Waals surface area contributed by atoms with Crippen molar-refractivity contribution in [2.75, 3.05) is 18.5 Å². The number of hydrogen-bond acceptors (Lipinski definition) is 4. The van der Waals surface area contributed by atoms with Crippen molar-refractivity contribution >= 4 is 21.6 Å². The summed E-state index contributed by atoms with van der Waals surface area (Å²) in [6.07, 6.45) is 0. The van der Waals surface area contributed by atoms with Crippen LogP contribution < -0.4 is 14.8 Å². The van der Waals surface area contributed by atoms with E-state index in [-0.39, 0.29) is 29.9 Å². The van der Waals surface area contributed by atoms with Crippen molar-refractivity contribution in [1.29, 1.82) is 0 Å². The molecule has 1 atom stereocenters. The molecule has 126 valence electrons. The fourth-order valence-corrected chi connectivity index (χ4v) is 3.56. The molecule has 0 fully saturated rings. The molecule has 1 amide bonds. The van der Waals surface area contributed by atoms with Gasteiger partial charge < -0.3 is 10.1 Å². The molecule has 2 aromatic rings. The highest BCUT2D eigenvalue weighted by Gasteiger charge is 2.28. The van der Waals surface area contributed by atoms with Crippen LogP contribution in [0.5, 0.6) is 5.75 Å². The molecule has 1 aliphatic heterocycles. The number of hydrogen-bond donors (Lipinski definition) is 2. The quantitative estimate of drug-likeness (QED) is 0.785. The van der Waals surface area contributed by atoms with Gasteiger partial charge in [0, 0.05) is 12.2 Å². The summed E-state index contributed by atoms with van der Waals surface area (Å²) in [5.41, 5.74) is 1.36. The first kappa shape index (κ1) is 16.5. The lowest BCUT2D eigenvalue weighted by Crippen LogP contribution is -2.28. The van der Waals surface area contributed by atoms with E-state index in [0.717, 1.165) is 0 Å². The van der Waals surface area contributed by atoms with Gasteiger partial charge in [-0.3, -0.25) is 4.79 Å². The zero-order valence-corrected chi connectivity index (χ0v) is 14.0. The summed E-state index contributed by atoms with van der Waals surface area (Å²) in [5, 5.41) is 2.72. The summed E-state index contributed by atoms with van der Waals surface area (Å²) in [7, 11) is -3.65. The lowest BCUT2D eigenvalue weighted by Gasteiger charge is -2.10. The molecule has 7 heteroatoms. The second-order valence-corrected chi connectivity index (χ2v) is 7.29. The van der Waals surface area contributed by atoms with Crippen molar-refractivity contribution in [3.8, 4) is 5.75 Å². The number of carbonyl (C=O) groups excluding carboxylic acids is 1. The molecule has 0 spiro atoms. The number of anilines is 1. The number of sulfonamides is 1. The monoisotopic (exact) mass is 346 g/mol. The predicted octanol–water partition coefficient (Wildman–Crippen LogP) is 2.10. The minimum atomic E-state index is -3.65. The topological polar surface area (TPSA) is 84.5 Å². The van der Waals surface area contributed by atoms with Gasteiger partial charge in [0.15, 0.2) is 0 Å². The van der Waals surface area contributed by atoms with Crippen LogP contribution in [0.15, 0.2) is 53.4 Å². The van der Waals surface area contributed by atoms with Gasteiger partial charge in [0.05, 0.1) is 10.8 Å². The standard InChI is InChI=1S/C17H18N2O4S/c1-12-15-11-14(7-8-16(15)19-17(12)20)24(21,22)18-9-10-23-13-5-3-2-4-6-13/h2-8,11-12,18H,9-10H2,1H3,(H,19,20)/t12-/m0/s1. The van der Waals surface area contributed by atoms with Crippen LogP contribution in [0.3, 0.4) is 0 Å². The second kappa shape index (κ2) is 6.62. The Hall–Kier alpha value is -2.38. The summed E-state index contributed by atoms with van der Waals surface area (Å²) in [6, 6.07) is 13.8. The van der Waals surface area contributed by atoms with Crippen molar-refractivity contribution in [1.82, 2.24) is 4.72 Å². The van der Waals surface area contributed by atoms with Crippen LogP contribution in [0.2, 0.25) is 0 Å². The zero-order chi connectivity index (χ0) is 17.2. The maximum Gasteiger partial charge on any atom is 0.240 e. The Morgan fingerprint density at radius 2 is 1.92 bits per heavy atom. The summed E-state index contributed by atoms with van der Waals surface area (Å²) in [6.45, 7) is 2.13. The van der Waals surface area contributed by atoms with E-state index in [0.29, 0.717) is 17.0 Å². The molecule has 24 heavy (non-hydrogen) atoms. The van der Waals surface area contributed by atoms with Gasteiger partial charge in [0.2, 0.25) is 15.9 Å². The van der Waals surface area contributed by atoms with Crippen LogP contribution in [-0.4, -0.2) is 27.5 Å². The molecule has 0 saturated heterocycles. The Morgan fingerprint density at radius 3 is 2.67 bits per heavy atom. The molecule has 0 radical (unpaired) electrons. The molecule has 2 N–H and O–H groups in total. The number of amides is 1. The molecule has 1 aliphatic rings. The third-order valence-electron chi connectivity index (χ3n) is 3.86. The Labute approximate surface area is 140 Å². The first-order valence-corrected chi connectivity index (χ1v) is 9.08. The third-order valence-corrected chi connectivity index (χ3v) is 5.32. The summed E-state index contributed by atoms with van der Waals surface area (Å²) >= 11 is 0. The van der Waals surface area contributed by atoms with E-state index in [1.165, 1.54) is 12.1 Å². The number of nitrogens with one attached hydrogen (secondary N) is 2. The molecule has 0 aromatic heterocycles. The van der Waals surface area contributed by atoms with E-state index in [4.69, 9.17) is 4.74 Å². The number of benzene rings is 2. The first-order valence-electron chi connectivity index (χ1n) is 7.60. The average Bonchev–Trinajstić information content (AvgIpc) is 2.87. The molecule has 1 heterocycles. The van der Waals surface area contributed by atoms with Crippen molar-refractivity contribution in [2.45, 2.75) is 17.7 Å². The van der Waals surface area contributed by atoms with E-state index >= 15 is 0 Å². The van der Waals surface area contributed by atoms with Crippen molar-refractivity contribution in [2.24, 2.45) is 0 Å². The smallest absolute Gasteiger partial charge is 0.240 e. The molecule has 0 aliphatic carbocycles. The van der Waals surface area contributed by atoms with Crippen LogP contribution in [-0.2, 0) is 14.8 Å². The fraction of sp³-hybridized carbons (Fsp3) is 0.235. The normalized spacial score (nSPS) is 16.5. The molecule has 2 aromatic carbocycles. The Bertz CT molecular complexity index is 850. The van der Waals surface area contributed by atoms with Crippen LogP contribution in [0, 0.1) is 0 Å². The highest BCUT2D eigenvalue weighted by Crippen LogP contribution is 2.33. The van der Waals surface area contributed by atoms with E-state index in [1.807, 2.05) is 18.2 Å². The summed E-state index contributed by atoms with van der Waals surface area (Å²) in [5.74, 6) is 0.216. The molecule has 0 unspecified atom stereocenters. The van der Waals surface area contributed by atoms with Gasteiger partial charge in [-0.15, -0.1) is 0 Å². The molecule has 0 bridgehead atoms. The molecular weight excluding hydrogens is 328 g/mol. The van der Waals surface area contributed by atoms with E-state index < -0.39 is 10.0 Å². The Balaban J connectivity index is 1.63. The van der Waals surface area contributed by atoms with Crippen molar-refractivity contribution in [3.05, 3.63) is 54.1 Å². The fourth-order valence-electron chi connectivity index (χ4n) is 2.51. The van der Waals surface area contributed by atoms with Crippen molar-refractivity contribution in [3.63, 3.8) is 0 Å². The maximum atomic E-state index is 12.4. The highest BCUT2D eigenvalue weighted by molar-refractivity contribution is 7.89. The van der Waals surface area contributed by atoms with E-state index in [1.54, 1.807) is 25.1 Å². The SMILES string of the molecule is C[C@@H]1C(=O)Nc2ccc(S(=O)(=O)NCCOc3ccccc3)cc21. The second-order valence-electron chi connectivity index (χ2n) is 5.52.